The van der Waals surface area contributed by atoms with E-state index < -0.39 is 28.4 Å². The topological polar surface area (TPSA) is 136 Å². The summed E-state index contributed by atoms with van der Waals surface area (Å²) in [4.78, 5) is 37.7. The minimum absolute atomic E-state index is 0.0789. The van der Waals surface area contributed by atoms with Crippen LogP contribution in [0.15, 0.2) is 77.3 Å². The van der Waals surface area contributed by atoms with Crippen LogP contribution in [0.2, 0.25) is 0 Å². The van der Waals surface area contributed by atoms with Crippen LogP contribution in [0.4, 0.5) is 11.5 Å². The number of nitro groups is 1. The fourth-order valence-corrected chi connectivity index (χ4v) is 3.65. The number of benzene rings is 2. The zero-order valence-corrected chi connectivity index (χ0v) is 18.0. The van der Waals surface area contributed by atoms with Crippen LogP contribution in [0.1, 0.15) is 22.9 Å². The highest BCUT2D eigenvalue weighted by Crippen LogP contribution is 2.42. The molecule has 172 valence electrons. The van der Waals surface area contributed by atoms with Gasteiger partial charge in [-0.3, -0.25) is 24.6 Å². The molecule has 1 fully saturated rings. The number of aliphatic hydroxyl groups is 1. The summed E-state index contributed by atoms with van der Waals surface area (Å²) in [6.07, 6.45) is 1.59. The molecule has 1 aromatic heterocycles. The average Bonchev–Trinajstić information content (AvgIpc) is 3.38. The third kappa shape index (κ3) is 4.04. The lowest BCUT2D eigenvalue weighted by atomic mass is 9.95. The number of aliphatic hydroxyl groups excluding tert-OH is 1. The molecule has 1 N–H and O–H groups in total. The Bertz CT molecular complexity index is 1310. The highest BCUT2D eigenvalue weighted by Gasteiger charge is 2.48. The predicted molar refractivity (Wildman–Crippen MR) is 121 cm³/mol. The number of hydrogen-bond donors (Lipinski definition) is 1. The Labute approximate surface area is 193 Å². The minimum Gasteiger partial charge on any atom is -0.507 e. The summed E-state index contributed by atoms with van der Waals surface area (Å²) in [5.41, 5.74) is 0.317. The maximum atomic E-state index is 13.1. The van der Waals surface area contributed by atoms with Crippen molar-refractivity contribution in [3.05, 3.63) is 99.8 Å². The molecule has 1 atom stereocenters. The van der Waals surface area contributed by atoms with Crippen molar-refractivity contribution in [2.45, 2.75) is 13.0 Å². The van der Waals surface area contributed by atoms with E-state index in [4.69, 9.17) is 9.26 Å². The zero-order valence-electron chi connectivity index (χ0n) is 18.0. The molecular formula is C24H19N3O7. The SMILES string of the molecule is C=CCOc1ccc(/C(O)=C2\C(=O)C(=O)N(c3cc(C)on3)[C@@H]2c2ccc([N+](=O)[O-])cc2)cc1. The molecule has 0 bridgehead atoms. The van der Waals surface area contributed by atoms with Gasteiger partial charge in [-0.1, -0.05) is 17.8 Å². The van der Waals surface area contributed by atoms with Gasteiger partial charge in [-0.25, -0.2) is 0 Å². The van der Waals surface area contributed by atoms with Gasteiger partial charge in [-0.15, -0.1) is 0 Å². The van der Waals surface area contributed by atoms with Crippen LogP contribution in [0, 0.1) is 17.0 Å². The van der Waals surface area contributed by atoms with Gasteiger partial charge >= 0.3 is 5.91 Å². The molecule has 0 radical (unpaired) electrons. The fourth-order valence-electron chi connectivity index (χ4n) is 3.65. The number of rotatable bonds is 7. The number of ether oxygens (including phenoxy) is 1. The van der Waals surface area contributed by atoms with Gasteiger partial charge in [0.1, 0.15) is 23.9 Å². The van der Waals surface area contributed by atoms with Crippen molar-refractivity contribution in [1.82, 2.24) is 5.16 Å². The predicted octanol–water partition coefficient (Wildman–Crippen LogP) is 4.08. The maximum Gasteiger partial charge on any atom is 0.301 e. The summed E-state index contributed by atoms with van der Waals surface area (Å²) in [5.74, 6) is -1.22. The normalized spacial score (nSPS) is 17.1. The summed E-state index contributed by atoms with van der Waals surface area (Å²) in [6, 6.07) is 12.1. The number of ketones is 1. The molecule has 4 rings (SSSR count). The second kappa shape index (κ2) is 9.02. The van der Waals surface area contributed by atoms with Crippen LogP contribution in [0.25, 0.3) is 5.76 Å². The van der Waals surface area contributed by atoms with E-state index in [-0.39, 0.29) is 22.6 Å². The van der Waals surface area contributed by atoms with E-state index >= 15 is 0 Å². The molecule has 2 aromatic carbocycles. The smallest absolute Gasteiger partial charge is 0.301 e. The number of carbonyl (C=O) groups excluding carboxylic acids is 2. The first-order valence-electron chi connectivity index (χ1n) is 10.1. The molecule has 3 aromatic rings. The molecule has 10 nitrogen and oxygen atoms in total. The fraction of sp³-hybridized carbons (Fsp3) is 0.125. The van der Waals surface area contributed by atoms with E-state index in [1.54, 1.807) is 37.3 Å². The largest absolute Gasteiger partial charge is 0.507 e. The zero-order chi connectivity index (χ0) is 24.4. The van der Waals surface area contributed by atoms with Crippen LogP contribution in [0.5, 0.6) is 5.75 Å². The van der Waals surface area contributed by atoms with Crippen molar-refractivity contribution in [2.24, 2.45) is 0 Å². The molecule has 0 saturated carbocycles. The second-order valence-corrected chi connectivity index (χ2v) is 7.44. The van der Waals surface area contributed by atoms with Crippen molar-refractivity contribution < 1.29 is 28.9 Å². The van der Waals surface area contributed by atoms with Crippen LogP contribution < -0.4 is 9.64 Å². The molecule has 1 aliphatic heterocycles. The molecule has 0 spiro atoms. The van der Waals surface area contributed by atoms with Crippen LogP contribution >= 0.6 is 0 Å². The van der Waals surface area contributed by atoms with Gasteiger partial charge in [0.15, 0.2) is 5.82 Å². The number of aryl methyl sites for hydroxylation is 1. The van der Waals surface area contributed by atoms with Gasteiger partial charge in [0, 0.05) is 23.8 Å². The number of nitro benzene ring substituents is 1. The number of Topliss-reactive ketones (excluding diaryl/α,β-unsaturated/α-hetero) is 1. The third-order valence-corrected chi connectivity index (χ3v) is 5.22. The molecule has 1 aliphatic rings. The summed E-state index contributed by atoms with van der Waals surface area (Å²) >= 11 is 0. The van der Waals surface area contributed by atoms with E-state index in [0.29, 0.717) is 23.7 Å². The van der Waals surface area contributed by atoms with Gasteiger partial charge in [-0.2, -0.15) is 0 Å². The Morgan fingerprint density at radius 1 is 1.24 bits per heavy atom. The van der Waals surface area contributed by atoms with E-state index in [9.17, 15) is 24.8 Å². The summed E-state index contributed by atoms with van der Waals surface area (Å²) < 4.78 is 10.5. The first kappa shape index (κ1) is 22.5. The highest BCUT2D eigenvalue weighted by molar-refractivity contribution is 6.51. The first-order chi connectivity index (χ1) is 16.3. The molecule has 34 heavy (non-hydrogen) atoms. The first-order valence-corrected chi connectivity index (χ1v) is 10.1. The van der Waals surface area contributed by atoms with Crippen LogP contribution in [-0.4, -0.2) is 33.5 Å². The van der Waals surface area contributed by atoms with Crippen LogP contribution in [-0.2, 0) is 9.59 Å². The molecule has 0 aliphatic carbocycles. The molecular weight excluding hydrogens is 442 g/mol. The van der Waals surface area contributed by atoms with Gasteiger partial charge in [0.05, 0.1) is 16.5 Å². The van der Waals surface area contributed by atoms with Crippen molar-refractivity contribution in [3.8, 4) is 5.75 Å². The van der Waals surface area contributed by atoms with E-state index in [1.165, 1.54) is 30.3 Å². The Hall–Kier alpha value is -4.73. The summed E-state index contributed by atoms with van der Waals surface area (Å²) in [6.45, 7) is 5.51. The van der Waals surface area contributed by atoms with E-state index in [0.717, 1.165) is 4.90 Å². The molecule has 2 heterocycles. The number of anilines is 1. The summed E-state index contributed by atoms with van der Waals surface area (Å²) in [7, 11) is 0. The average molecular weight is 461 g/mol. The highest BCUT2D eigenvalue weighted by atomic mass is 16.6. The number of carbonyl (C=O) groups is 2. The number of non-ortho nitro benzene ring substituents is 1. The third-order valence-electron chi connectivity index (χ3n) is 5.22. The monoisotopic (exact) mass is 461 g/mol. The lowest BCUT2D eigenvalue weighted by Gasteiger charge is -2.22. The standard InChI is InChI=1S/C24H19N3O7/c1-3-12-33-18-10-6-16(7-11-18)22(28)20-21(15-4-8-17(9-5-15)27(31)32)26(24(30)23(20)29)19-13-14(2)34-25-19/h3-11,13,21,28H,1,12H2,2H3/b22-20+/t21-/m1/s1. The van der Waals surface area contributed by atoms with Crippen molar-refractivity contribution >= 4 is 29.0 Å². The minimum atomic E-state index is -1.08. The Morgan fingerprint density at radius 3 is 2.47 bits per heavy atom. The van der Waals surface area contributed by atoms with Crippen molar-refractivity contribution in [3.63, 3.8) is 0 Å². The number of aromatic nitrogens is 1. The lowest BCUT2D eigenvalue weighted by molar-refractivity contribution is -0.384. The number of nitrogens with zero attached hydrogens (tertiary/aromatic N) is 3. The molecule has 10 heteroatoms. The quantitative estimate of drug-likeness (QED) is 0.139. The molecule has 0 unspecified atom stereocenters. The Balaban J connectivity index is 1.84. The van der Waals surface area contributed by atoms with Gasteiger partial charge in [0.2, 0.25) is 0 Å². The van der Waals surface area contributed by atoms with Gasteiger partial charge < -0.3 is 14.4 Å². The van der Waals surface area contributed by atoms with Crippen LogP contribution in [0.3, 0.4) is 0 Å². The summed E-state index contributed by atoms with van der Waals surface area (Å²) in [5, 5.41) is 26.0. The van der Waals surface area contributed by atoms with Gasteiger partial charge in [-0.05, 0) is 48.9 Å². The number of hydrogen-bond acceptors (Lipinski definition) is 8. The second-order valence-electron chi connectivity index (χ2n) is 7.44. The molecule has 1 saturated heterocycles. The Kier molecular flexibility index (Phi) is 5.96. The van der Waals surface area contributed by atoms with Gasteiger partial charge in [0.25, 0.3) is 11.5 Å². The number of amides is 1. The van der Waals surface area contributed by atoms with Crippen molar-refractivity contribution in [1.29, 1.82) is 0 Å². The van der Waals surface area contributed by atoms with E-state index in [1.807, 2.05) is 0 Å². The lowest BCUT2D eigenvalue weighted by Crippen LogP contribution is -2.29. The Morgan fingerprint density at radius 2 is 1.91 bits per heavy atom. The van der Waals surface area contributed by atoms with Crippen molar-refractivity contribution in [2.75, 3.05) is 11.5 Å². The molecule has 1 amide bonds. The maximum absolute atomic E-state index is 13.1. The van der Waals surface area contributed by atoms with E-state index in [2.05, 4.69) is 11.7 Å².